The minimum Gasteiger partial charge on any atom is -0.481 e. The smallest absolute Gasteiger partial charge is 0.314 e. The second kappa shape index (κ2) is 10.3. The zero-order chi connectivity index (χ0) is 28.7. The molecule has 0 bridgehead atoms. The number of esters is 1. The van der Waals surface area contributed by atoms with Crippen LogP contribution in [0.3, 0.4) is 0 Å². The minimum absolute atomic E-state index is 0.0160. The molecule has 1 aromatic heterocycles. The Labute approximate surface area is 225 Å². The molecule has 4 aromatic rings. The van der Waals surface area contributed by atoms with Crippen molar-refractivity contribution >= 4 is 11.9 Å². The third-order valence-electron chi connectivity index (χ3n) is 7.34. The summed E-state index contributed by atoms with van der Waals surface area (Å²) in [6.45, 7) is 5.04. The third kappa shape index (κ3) is 4.99. The highest BCUT2D eigenvalue weighted by Crippen LogP contribution is 2.48. The summed E-state index contributed by atoms with van der Waals surface area (Å²) in [5.41, 5.74) is 5.33. The number of rotatable bonds is 9. The molecule has 0 radical (unpaired) electrons. The lowest BCUT2D eigenvalue weighted by atomic mass is 9.93. The van der Waals surface area contributed by atoms with Crippen LogP contribution in [0.4, 0.5) is 0 Å². The maximum Gasteiger partial charge on any atom is 0.314 e. The van der Waals surface area contributed by atoms with Gasteiger partial charge in [-0.25, -0.2) is 0 Å². The van der Waals surface area contributed by atoms with Crippen LogP contribution in [0.5, 0.6) is 0 Å². The number of ether oxygens (including phenoxy) is 1. The SMILES string of the molecule is [2H]C([2H])(C)c1cccc([C@@H](C)OC(=O)Cc2c(C)noc2-c2ccc(-c3ccc(C4(C(=O)O)CC4)cc3)cc2)c1. The van der Waals surface area contributed by atoms with Crippen LogP contribution >= 0.6 is 0 Å². The van der Waals surface area contributed by atoms with Crippen molar-refractivity contribution in [3.8, 4) is 22.5 Å². The van der Waals surface area contributed by atoms with E-state index in [2.05, 4.69) is 5.16 Å². The maximum atomic E-state index is 12.9. The van der Waals surface area contributed by atoms with Crippen LogP contribution in [-0.4, -0.2) is 22.2 Å². The molecule has 0 unspecified atom stereocenters. The van der Waals surface area contributed by atoms with Crippen molar-refractivity contribution in [1.82, 2.24) is 5.16 Å². The Hall–Kier alpha value is -4.19. The summed E-state index contributed by atoms with van der Waals surface area (Å²) in [6, 6.07) is 22.4. The first-order chi connectivity index (χ1) is 19.0. The molecule has 1 aliphatic rings. The summed E-state index contributed by atoms with van der Waals surface area (Å²) in [5, 5.41) is 13.6. The second-order valence-electron chi connectivity index (χ2n) is 9.80. The van der Waals surface area contributed by atoms with E-state index in [1.165, 1.54) is 6.92 Å². The molecule has 1 saturated carbocycles. The number of aromatic nitrogens is 1. The van der Waals surface area contributed by atoms with Crippen molar-refractivity contribution in [2.24, 2.45) is 0 Å². The number of aliphatic carboxylic acids is 1. The van der Waals surface area contributed by atoms with Crippen LogP contribution in [0.2, 0.25) is 0 Å². The van der Waals surface area contributed by atoms with Gasteiger partial charge in [-0.1, -0.05) is 84.9 Å². The van der Waals surface area contributed by atoms with Crippen molar-refractivity contribution in [3.05, 3.63) is 101 Å². The van der Waals surface area contributed by atoms with Crippen molar-refractivity contribution in [2.75, 3.05) is 0 Å². The first-order valence-corrected chi connectivity index (χ1v) is 12.7. The van der Waals surface area contributed by atoms with Gasteiger partial charge in [0, 0.05) is 13.9 Å². The summed E-state index contributed by atoms with van der Waals surface area (Å²) in [7, 11) is 0. The molecule has 3 aromatic carbocycles. The van der Waals surface area contributed by atoms with Gasteiger partial charge in [0.25, 0.3) is 0 Å². The lowest BCUT2D eigenvalue weighted by molar-refractivity contribution is -0.147. The van der Waals surface area contributed by atoms with Gasteiger partial charge in [-0.15, -0.1) is 0 Å². The summed E-state index contributed by atoms with van der Waals surface area (Å²) >= 11 is 0. The molecule has 1 heterocycles. The first-order valence-electron chi connectivity index (χ1n) is 13.7. The van der Waals surface area contributed by atoms with Crippen molar-refractivity contribution in [3.63, 3.8) is 0 Å². The third-order valence-corrected chi connectivity index (χ3v) is 7.34. The first kappa shape index (κ1) is 23.0. The van der Waals surface area contributed by atoms with Gasteiger partial charge in [0.1, 0.15) is 6.10 Å². The highest BCUT2D eigenvalue weighted by molar-refractivity contribution is 5.85. The predicted octanol–water partition coefficient (Wildman–Crippen LogP) is 6.84. The fourth-order valence-corrected chi connectivity index (χ4v) is 4.77. The molecule has 1 N–H and O–H groups in total. The van der Waals surface area contributed by atoms with Crippen molar-refractivity contribution in [1.29, 1.82) is 0 Å². The molecule has 6 heteroatoms. The van der Waals surface area contributed by atoms with Crippen LogP contribution in [-0.2, 0) is 32.5 Å². The Morgan fingerprint density at radius 1 is 1.05 bits per heavy atom. The zero-order valence-electron chi connectivity index (χ0n) is 23.7. The van der Waals surface area contributed by atoms with Gasteiger partial charge in [-0.05, 0) is 60.9 Å². The van der Waals surface area contributed by atoms with E-state index in [4.69, 9.17) is 12.0 Å². The number of hydrogen-bond acceptors (Lipinski definition) is 5. The molecule has 5 rings (SSSR count). The summed E-state index contributed by atoms with van der Waals surface area (Å²) in [4.78, 5) is 24.5. The molecule has 0 saturated heterocycles. The van der Waals surface area contributed by atoms with E-state index in [9.17, 15) is 14.7 Å². The molecule has 1 atom stereocenters. The number of nitrogens with zero attached hydrogens (tertiary/aromatic N) is 1. The minimum atomic E-state index is -1.49. The summed E-state index contributed by atoms with van der Waals surface area (Å²) in [5.74, 6) is -0.699. The molecule has 38 heavy (non-hydrogen) atoms. The lowest BCUT2D eigenvalue weighted by Crippen LogP contribution is -2.19. The Morgan fingerprint density at radius 2 is 1.68 bits per heavy atom. The molecule has 0 spiro atoms. The topological polar surface area (TPSA) is 89.6 Å². The monoisotopic (exact) mass is 511 g/mol. The van der Waals surface area contributed by atoms with E-state index in [0.29, 0.717) is 35.4 Å². The number of carbonyl (C=O) groups is 2. The molecule has 1 aliphatic carbocycles. The Morgan fingerprint density at radius 3 is 2.29 bits per heavy atom. The largest absolute Gasteiger partial charge is 0.481 e. The van der Waals surface area contributed by atoms with Gasteiger partial charge >= 0.3 is 11.9 Å². The average molecular weight is 512 g/mol. The van der Waals surface area contributed by atoms with Crippen LogP contribution in [0, 0.1) is 6.92 Å². The fourth-order valence-electron chi connectivity index (χ4n) is 4.77. The van der Waals surface area contributed by atoms with E-state index in [0.717, 1.165) is 27.8 Å². The van der Waals surface area contributed by atoms with Gasteiger partial charge in [-0.2, -0.15) is 0 Å². The van der Waals surface area contributed by atoms with Crippen LogP contribution in [0.25, 0.3) is 22.5 Å². The molecule has 1 fully saturated rings. The normalized spacial score (nSPS) is 15.8. The molecular weight excluding hydrogens is 478 g/mol. The van der Waals surface area contributed by atoms with E-state index in [1.54, 1.807) is 32.0 Å². The van der Waals surface area contributed by atoms with Gasteiger partial charge in [0.15, 0.2) is 5.76 Å². The average Bonchev–Trinajstić information content (AvgIpc) is 3.68. The van der Waals surface area contributed by atoms with Crippen molar-refractivity contribution < 1.29 is 26.7 Å². The number of aryl methyl sites for hydroxylation is 2. The van der Waals surface area contributed by atoms with Gasteiger partial charge in [0.05, 0.1) is 17.5 Å². The number of carbonyl (C=O) groups excluding carboxylic acids is 1. The van der Waals surface area contributed by atoms with E-state index in [1.807, 2.05) is 54.6 Å². The standard InChI is InChI=1S/C32H31NO5/c1-4-22-6-5-7-26(18-22)21(3)37-29(34)19-28-20(2)33-38-30(28)25-10-8-23(9-11-25)24-12-14-27(15-13-24)32(16-17-32)31(35)36/h5-15,18,21H,4,16-17,19H2,1-3H3,(H,35,36)/t21-/m1/s1/i4D2. The number of benzene rings is 3. The van der Waals surface area contributed by atoms with Crippen molar-refractivity contribution in [2.45, 2.75) is 57.9 Å². The lowest BCUT2D eigenvalue weighted by Gasteiger charge is -2.14. The van der Waals surface area contributed by atoms with E-state index < -0.39 is 29.8 Å². The Balaban J connectivity index is 1.29. The highest BCUT2D eigenvalue weighted by Gasteiger charge is 2.51. The maximum absolute atomic E-state index is 12.9. The van der Waals surface area contributed by atoms with Crippen LogP contribution in [0.1, 0.15) is 63.5 Å². The molecule has 6 nitrogen and oxygen atoms in total. The van der Waals surface area contributed by atoms with E-state index >= 15 is 0 Å². The summed E-state index contributed by atoms with van der Waals surface area (Å²) in [6.07, 6.45) is -0.710. The number of hydrogen-bond donors (Lipinski definition) is 1. The molecule has 0 amide bonds. The van der Waals surface area contributed by atoms with Gasteiger partial charge < -0.3 is 14.4 Å². The van der Waals surface area contributed by atoms with Gasteiger partial charge in [-0.3, -0.25) is 9.59 Å². The fraction of sp³-hybridized carbons (Fsp3) is 0.281. The highest BCUT2D eigenvalue weighted by atomic mass is 16.5. The van der Waals surface area contributed by atoms with Crippen LogP contribution in [0.15, 0.2) is 77.3 Å². The molecule has 0 aliphatic heterocycles. The van der Waals surface area contributed by atoms with Crippen LogP contribution < -0.4 is 0 Å². The van der Waals surface area contributed by atoms with Gasteiger partial charge in [0.2, 0.25) is 0 Å². The molecular formula is C32H31NO5. The predicted molar refractivity (Wildman–Crippen MR) is 145 cm³/mol. The number of carboxylic acid groups (broad SMARTS) is 1. The summed E-state index contributed by atoms with van der Waals surface area (Å²) < 4.78 is 27.2. The van der Waals surface area contributed by atoms with E-state index in [-0.39, 0.29) is 6.42 Å². The number of carboxylic acids is 1. The Bertz CT molecular complexity index is 1550. The zero-order valence-corrected chi connectivity index (χ0v) is 21.7. The molecule has 194 valence electrons. The second-order valence-corrected chi connectivity index (χ2v) is 9.80. The quantitative estimate of drug-likeness (QED) is 0.247. The Kier molecular flexibility index (Phi) is 6.22.